The maximum atomic E-state index is 5.68. The maximum absolute atomic E-state index is 5.68. The van der Waals surface area contributed by atoms with Crippen molar-refractivity contribution in [1.82, 2.24) is 15.0 Å². The molecule has 3 rings (SSSR count). The van der Waals surface area contributed by atoms with Crippen LogP contribution < -0.4 is 15.5 Å². The van der Waals surface area contributed by atoms with Gasteiger partial charge in [0, 0.05) is 44.1 Å². The van der Waals surface area contributed by atoms with Crippen LogP contribution in [0.15, 0.2) is 30.7 Å². The van der Waals surface area contributed by atoms with Gasteiger partial charge in [0.1, 0.15) is 5.82 Å². The topological polar surface area (TPSA) is 71.2 Å². The van der Waals surface area contributed by atoms with Crippen LogP contribution in [0.1, 0.15) is 5.56 Å². The summed E-state index contributed by atoms with van der Waals surface area (Å²) in [7, 11) is 0. The molecule has 0 aromatic carbocycles. The van der Waals surface area contributed by atoms with Gasteiger partial charge in [0.15, 0.2) is 0 Å². The normalized spacial score (nSPS) is 15.4. The van der Waals surface area contributed by atoms with E-state index >= 15 is 0 Å². The average molecular weight is 270 g/mol. The van der Waals surface area contributed by atoms with E-state index in [2.05, 4.69) is 30.8 Å². The van der Waals surface area contributed by atoms with Crippen molar-refractivity contribution < 1.29 is 0 Å². The van der Waals surface area contributed by atoms with Crippen molar-refractivity contribution in [3.63, 3.8) is 0 Å². The van der Waals surface area contributed by atoms with E-state index in [1.165, 1.54) is 5.69 Å². The van der Waals surface area contributed by atoms with Crippen molar-refractivity contribution in [2.45, 2.75) is 6.92 Å². The number of nitrogens with zero attached hydrogens (tertiary/aromatic N) is 5. The third-order valence-electron chi connectivity index (χ3n) is 3.55. The molecular formula is C14H18N6. The van der Waals surface area contributed by atoms with Gasteiger partial charge in [0.2, 0.25) is 5.95 Å². The van der Waals surface area contributed by atoms with Crippen molar-refractivity contribution >= 4 is 17.5 Å². The van der Waals surface area contributed by atoms with Crippen molar-refractivity contribution in [2.75, 3.05) is 41.7 Å². The first-order valence-electron chi connectivity index (χ1n) is 6.73. The Balaban J connectivity index is 1.71. The Labute approximate surface area is 118 Å². The molecule has 2 N–H and O–H groups in total. The molecule has 2 aromatic rings. The first-order valence-corrected chi connectivity index (χ1v) is 6.73. The van der Waals surface area contributed by atoms with Gasteiger partial charge < -0.3 is 15.5 Å². The largest absolute Gasteiger partial charge is 0.368 e. The summed E-state index contributed by atoms with van der Waals surface area (Å²) in [4.78, 5) is 17.1. The second-order valence-electron chi connectivity index (χ2n) is 4.92. The molecule has 3 heterocycles. The molecule has 0 spiro atoms. The minimum atomic E-state index is 0.334. The summed E-state index contributed by atoms with van der Waals surface area (Å²) in [6.45, 7) is 5.77. The molecule has 2 aromatic heterocycles. The highest BCUT2D eigenvalue weighted by Gasteiger charge is 2.20. The number of hydrogen-bond acceptors (Lipinski definition) is 6. The molecule has 0 aliphatic carbocycles. The summed E-state index contributed by atoms with van der Waals surface area (Å²) >= 11 is 0. The van der Waals surface area contributed by atoms with Crippen LogP contribution in [0.4, 0.5) is 17.5 Å². The Morgan fingerprint density at radius 1 is 1.10 bits per heavy atom. The van der Waals surface area contributed by atoms with Crippen LogP contribution in [0.25, 0.3) is 0 Å². The van der Waals surface area contributed by atoms with E-state index in [9.17, 15) is 0 Å². The van der Waals surface area contributed by atoms with E-state index in [1.54, 1.807) is 12.4 Å². The lowest BCUT2D eigenvalue weighted by molar-refractivity contribution is 0.645. The van der Waals surface area contributed by atoms with Crippen LogP contribution in [0.5, 0.6) is 0 Å². The number of hydrogen-bond donors (Lipinski definition) is 1. The van der Waals surface area contributed by atoms with Crippen LogP contribution in [-0.2, 0) is 0 Å². The fourth-order valence-electron chi connectivity index (χ4n) is 2.48. The fourth-order valence-corrected chi connectivity index (χ4v) is 2.48. The maximum Gasteiger partial charge on any atom is 0.221 e. The lowest BCUT2D eigenvalue weighted by atomic mass is 10.2. The van der Waals surface area contributed by atoms with Gasteiger partial charge in [-0.3, -0.25) is 4.98 Å². The molecule has 6 nitrogen and oxygen atoms in total. The Kier molecular flexibility index (Phi) is 3.37. The second kappa shape index (κ2) is 5.32. The lowest BCUT2D eigenvalue weighted by Gasteiger charge is -2.37. The molecule has 0 radical (unpaired) electrons. The Morgan fingerprint density at radius 2 is 1.85 bits per heavy atom. The zero-order valence-electron chi connectivity index (χ0n) is 11.5. The molecule has 6 heteroatoms. The van der Waals surface area contributed by atoms with Crippen molar-refractivity contribution in [3.05, 3.63) is 36.3 Å². The molecule has 0 bridgehead atoms. The number of piperazine rings is 1. The molecule has 1 aliphatic rings. The lowest BCUT2D eigenvalue weighted by Crippen LogP contribution is -2.47. The highest BCUT2D eigenvalue weighted by atomic mass is 15.3. The minimum Gasteiger partial charge on any atom is -0.368 e. The number of rotatable bonds is 2. The third-order valence-corrected chi connectivity index (χ3v) is 3.55. The predicted molar refractivity (Wildman–Crippen MR) is 79.8 cm³/mol. The molecule has 0 unspecified atom stereocenters. The number of anilines is 3. The monoisotopic (exact) mass is 270 g/mol. The summed E-state index contributed by atoms with van der Waals surface area (Å²) in [5.41, 5.74) is 7.92. The van der Waals surface area contributed by atoms with Crippen molar-refractivity contribution in [3.8, 4) is 0 Å². The number of pyridine rings is 1. The average Bonchev–Trinajstić information content (AvgIpc) is 2.51. The van der Waals surface area contributed by atoms with Crippen LogP contribution in [0.2, 0.25) is 0 Å². The Morgan fingerprint density at radius 3 is 2.55 bits per heavy atom. The van der Waals surface area contributed by atoms with E-state index in [-0.39, 0.29) is 0 Å². The number of aromatic nitrogens is 3. The molecule has 20 heavy (non-hydrogen) atoms. The number of nitrogens with two attached hydrogens (primary N) is 1. The van der Waals surface area contributed by atoms with Gasteiger partial charge in [0.05, 0.1) is 11.9 Å². The summed E-state index contributed by atoms with van der Waals surface area (Å²) in [6.07, 6.45) is 5.49. The van der Waals surface area contributed by atoms with Gasteiger partial charge in [-0.15, -0.1) is 0 Å². The summed E-state index contributed by atoms with van der Waals surface area (Å²) < 4.78 is 0. The molecule has 0 atom stereocenters. The number of nitrogen functional groups attached to an aromatic ring is 1. The van der Waals surface area contributed by atoms with Gasteiger partial charge in [0.25, 0.3) is 0 Å². The zero-order chi connectivity index (χ0) is 13.9. The highest BCUT2D eigenvalue weighted by molar-refractivity contribution is 5.51. The Bertz CT molecular complexity index is 577. The first-order chi connectivity index (χ1) is 9.74. The molecule has 1 aliphatic heterocycles. The van der Waals surface area contributed by atoms with Crippen LogP contribution in [0, 0.1) is 6.92 Å². The van der Waals surface area contributed by atoms with Gasteiger partial charge in [-0.25, -0.2) is 4.98 Å². The molecule has 1 saturated heterocycles. The van der Waals surface area contributed by atoms with E-state index < -0.39 is 0 Å². The summed E-state index contributed by atoms with van der Waals surface area (Å²) in [5, 5.41) is 0. The molecule has 0 saturated carbocycles. The SMILES string of the molecule is Cc1cnc(N)nc1N1CCN(c2cccnc2)CC1. The van der Waals surface area contributed by atoms with E-state index in [0.717, 1.165) is 37.6 Å². The summed E-state index contributed by atoms with van der Waals surface area (Å²) in [6, 6.07) is 4.06. The van der Waals surface area contributed by atoms with E-state index in [4.69, 9.17) is 5.73 Å². The van der Waals surface area contributed by atoms with E-state index in [0.29, 0.717) is 5.95 Å². The van der Waals surface area contributed by atoms with Crippen LogP contribution >= 0.6 is 0 Å². The van der Waals surface area contributed by atoms with Crippen LogP contribution in [-0.4, -0.2) is 41.1 Å². The van der Waals surface area contributed by atoms with Gasteiger partial charge >= 0.3 is 0 Å². The van der Waals surface area contributed by atoms with Gasteiger partial charge in [-0.05, 0) is 19.1 Å². The minimum absolute atomic E-state index is 0.334. The smallest absolute Gasteiger partial charge is 0.221 e. The van der Waals surface area contributed by atoms with Gasteiger partial charge in [-0.2, -0.15) is 4.98 Å². The molecule has 1 fully saturated rings. The van der Waals surface area contributed by atoms with E-state index in [1.807, 2.05) is 19.2 Å². The predicted octanol–water partition coefficient (Wildman–Crippen LogP) is 1.09. The molecule has 0 amide bonds. The third kappa shape index (κ3) is 2.49. The standard InChI is InChI=1S/C14H18N6/c1-11-9-17-14(15)18-13(11)20-7-5-19(6-8-20)12-3-2-4-16-10-12/h2-4,9-10H,5-8H2,1H3,(H2,15,17,18). The highest BCUT2D eigenvalue weighted by Crippen LogP contribution is 2.21. The zero-order valence-corrected chi connectivity index (χ0v) is 11.5. The van der Waals surface area contributed by atoms with Crippen LogP contribution in [0.3, 0.4) is 0 Å². The van der Waals surface area contributed by atoms with Gasteiger partial charge in [-0.1, -0.05) is 0 Å². The Hall–Kier alpha value is -2.37. The second-order valence-corrected chi connectivity index (χ2v) is 4.92. The summed E-state index contributed by atoms with van der Waals surface area (Å²) in [5.74, 6) is 1.28. The first kappa shape index (κ1) is 12.7. The van der Waals surface area contributed by atoms with Crippen molar-refractivity contribution in [2.24, 2.45) is 0 Å². The fraction of sp³-hybridized carbons (Fsp3) is 0.357. The quantitative estimate of drug-likeness (QED) is 0.880. The molecular weight excluding hydrogens is 252 g/mol. The van der Waals surface area contributed by atoms with Crippen molar-refractivity contribution in [1.29, 1.82) is 0 Å². The number of aryl methyl sites for hydroxylation is 1. The molecule has 104 valence electrons.